The molecule has 1 saturated carbocycles. The van der Waals surface area contributed by atoms with Crippen molar-refractivity contribution in [2.45, 2.75) is 64.7 Å². The van der Waals surface area contributed by atoms with Crippen LogP contribution in [0.2, 0.25) is 0 Å². The molecule has 116 valence electrons. The van der Waals surface area contributed by atoms with Crippen LogP contribution in [0, 0.1) is 11.8 Å². The summed E-state index contributed by atoms with van der Waals surface area (Å²) in [6.07, 6.45) is 4.88. The molecule has 1 aromatic heterocycles. The van der Waals surface area contributed by atoms with Crippen LogP contribution in [-0.4, -0.2) is 22.9 Å². The summed E-state index contributed by atoms with van der Waals surface area (Å²) >= 11 is 1.71. The number of rotatable bonds is 3. The quantitative estimate of drug-likeness (QED) is 0.921. The summed E-state index contributed by atoms with van der Waals surface area (Å²) in [5.41, 5.74) is 1.25. The standard InChI is InChI=1S/C17H26N2OS/c1-11(2)15-17(20)19(14-6-4-12(3)5-7-14)16(18-15)13-8-9-21-10-13/h8-12,14-16,18H,4-7H2,1-3H3. The molecule has 2 unspecified atom stereocenters. The molecular weight excluding hydrogens is 280 g/mol. The van der Waals surface area contributed by atoms with Crippen LogP contribution >= 0.6 is 11.3 Å². The van der Waals surface area contributed by atoms with Crippen LogP contribution in [0.4, 0.5) is 0 Å². The molecule has 3 nitrogen and oxygen atoms in total. The molecule has 1 aliphatic heterocycles. The molecule has 1 saturated heterocycles. The van der Waals surface area contributed by atoms with E-state index in [1.54, 1.807) is 11.3 Å². The Hall–Kier alpha value is -0.870. The molecule has 1 aromatic rings. The SMILES string of the molecule is CC1CCC(N2C(=O)C(C(C)C)NC2c2ccsc2)CC1. The summed E-state index contributed by atoms with van der Waals surface area (Å²) in [7, 11) is 0. The van der Waals surface area contributed by atoms with E-state index in [0.29, 0.717) is 17.9 Å². The van der Waals surface area contributed by atoms with Gasteiger partial charge in [0.25, 0.3) is 0 Å². The molecule has 1 N–H and O–H groups in total. The van der Waals surface area contributed by atoms with Gasteiger partial charge in [0, 0.05) is 6.04 Å². The molecule has 2 heterocycles. The zero-order chi connectivity index (χ0) is 15.0. The van der Waals surface area contributed by atoms with Gasteiger partial charge in [0.2, 0.25) is 5.91 Å². The van der Waals surface area contributed by atoms with Gasteiger partial charge in [0.1, 0.15) is 6.17 Å². The molecule has 0 aromatic carbocycles. The zero-order valence-corrected chi connectivity index (χ0v) is 14.0. The Bertz CT molecular complexity index is 477. The van der Waals surface area contributed by atoms with Crippen molar-refractivity contribution < 1.29 is 4.79 Å². The van der Waals surface area contributed by atoms with Gasteiger partial charge in [-0.1, -0.05) is 20.8 Å². The lowest BCUT2D eigenvalue weighted by atomic mass is 9.86. The maximum Gasteiger partial charge on any atom is 0.241 e. The van der Waals surface area contributed by atoms with Gasteiger partial charge >= 0.3 is 0 Å². The molecule has 21 heavy (non-hydrogen) atoms. The van der Waals surface area contributed by atoms with Crippen molar-refractivity contribution in [1.29, 1.82) is 0 Å². The molecule has 3 rings (SSSR count). The van der Waals surface area contributed by atoms with Crippen LogP contribution in [-0.2, 0) is 4.79 Å². The lowest BCUT2D eigenvalue weighted by Crippen LogP contribution is -2.42. The van der Waals surface area contributed by atoms with E-state index in [1.807, 2.05) is 0 Å². The first-order valence-electron chi connectivity index (χ1n) is 8.18. The van der Waals surface area contributed by atoms with Crippen LogP contribution in [0.5, 0.6) is 0 Å². The highest BCUT2D eigenvalue weighted by molar-refractivity contribution is 7.07. The monoisotopic (exact) mass is 306 g/mol. The van der Waals surface area contributed by atoms with Gasteiger partial charge in [-0.15, -0.1) is 0 Å². The zero-order valence-electron chi connectivity index (χ0n) is 13.2. The lowest BCUT2D eigenvalue weighted by Gasteiger charge is -2.36. The minimum atomic E-state index is -0.0331. The van der Waals surface area contributed by atoms with Crippen LogP contribution in [0.1, 0.15) is 58.2 Å². The Morgan fingerprint density at radius 3 is 2.57 bits per heavy atom. The minimum Gasteiger partial charge on any atom is -0.319 e. The fourth-order valence-corrected chi connectivity index (χ4v) is 4.36. The Labute approximate surface area is 131 Å². The number of hydrogen-bond acceptors (Lipinski definition) is 3. The molecule has 4 heteroatoms. The fourth-order valence-electron chi connectivity index (χ4n) is 3.69. The molecule has 1 aliphatic carbocycles. The average molecular weight is 306 g/mol. The third-order valence-corrected chi connectivity index (χ3v) is 5.74. The normalized spacial score (nSPS) is 33.9. The molecule has 1 amide bonds. The van der Waals surface area contributed by atoms with Gasteiger partial charge in [-0.05, 0) is 59.9 Å². The molecule has 0 bridgehead atoms. The molecule has 0 spiro atoms. The van der Waals surface area contributed by atoms with Crippen molar-refractivity contribution in [3.8, 4) is 0 Å². The van der Waals surface area contributed by atoms with Crippen molar-refractivity contribution in [1.82, 2.24) is 10.2 Å². The van der Waals surface area contributed by atoms with Gasteiger partial charge in [0.15, 0.2) is 0 Å². The number of carbonyl (C=O) groups is 1. The van der Waals surface area contributed by atoms with Crippen molar-refractivity contribution in [3.05, 3.63) is 22.4 Å². The molecule has 0 radical (unpaired) electrons. The average Bonchev–Trinajstić information content (AvgIpc) is 3.07. The second-order valence-corrected chi connectivity index (χ2v) is 7.79. The summed E-state index contributed by atoms with van der Waals surface area (Å²) in [5, 5.41) is 7.86. The van der Waals surface area contributed by atoms with E-state index in [1.165, 1.54) is 18.4 Å². The van der Waals surface area contributed by atoms with Gasteiger partial charge < -0.3 is 4.90 Å². The number of nitrogens with one attached hydrogen (secondary N) is 1. The van der Waals surface area contributed by atoms with Crippen LogP contribution in [0.3, 0.4) is 0 Å². The molecule has 2 fully saturated rings. The smallest absolute Gasteiger partial charge is 0.241 e. The summed E-state index contributed by atoms with van der Waals surface area (Å²) in [4.78, 5) is 15.1. The predicted octanol–water partition coefficient (Wildman–Crippen LogP) is 3.78. The first-order chi connectivity index (χ1) is 10.1. The first kappa shape index (κ1) is 15.0. The third kappa shape index (κ3) is 2.88. The first-order valence-corrected chi connectivity index (χ1v) is 9.12. The van der Waals surface area contributed by atoms with Crippen LogP contribution in [0.15, 0.2) is 16.8 Å². The highest BCUT2D eigenvalue weighted by Gasteiger charge is 2.44. The highest BCUT2D eigenvalue weighted by Crippen LogP contribution is 2.36. The predicted molar refractivity (Wildman–Crippen MR) is 87.1 cm³/mol. The van der Waals surface area contributed by atoms with Gasteiger partial charge in [-0.25, -0.2) is 0 Å². The van der Waals surface area contributed by atoms with E-state index >= 15 is 0 Å². The van der Waals surface area contributed by atoms with Gasteiger partial charge in [-0.3, -0.25) is 10.1 Å². The number of hydrogen-bond donors (Lipinski definition) is 1. The number of thiophene rings is 1. The van der Waals surface area contributed by atoms with Crippen LogP contribution < -0.4 is 5.32 Å². The largest absolute Gasteiger partial charge is 0.319 e. The van der Waals surface area contributed by atoms with Crippen molar-refractivity contribution in [2.24, 2.45) is 11.8 Å². The Kier molecular flexibility index (Phi) is 4.36. The maximum absolute atomic E-state index is 12.9. The Balaban J connectivity index is 1.84. The van der Waals surface area contributed by atoms with E-state index in [0.717, 1.165) is 18.8 Å². The van der Waals surface area contributed by atoms with E-state index < -0.39 is 0 Å². The Morgan fingerprint density at radius 1 is 1.29 bits per heavy atom. The van der Waals surface area contributed by atoms with E-state index in [4.69, 9.17) is 0 Å². The molecular formula is C17H26N2OS. The summed E-state index contributed by atoms with van der Waals surface area (Å²) in [5.74, 6) is 1.46. The second-order valence-electron chi connectivity index (χ2n) is 7.01. The summed E-state index contributed by atoms with van der Waals surface area (Å²) in [6, 6.07) is 2.53. The molecule has 2 atom stereocenters. The minimum absolute atomic E-state index is 0.0331. The van der Waals surface area contributed by atoms with E-state index in [-0.39, 0.29) is 12.2 Å². The van der Waals surface area contributed by atoms with Crippen molar-refractivity contribution in [2.75, 3.05) is 0 Å². The summed E-state index contributed by atoms with van der Waals surface area (Å²) in [6.45, 7) is 6.59. The van der Waals surface area contributed by atoms with Crippen LogP contribution in [0.25, 0.3) is 0 Å². The highest BCUT2D eigenvalue weighted by atomic mass is 32.1. The topological polar surface area (TPSA) is 32.3 Å². The van der Waals surface area contributed by atoms with E-state index in [9.17, 15) is 4.79 Å². The number of carbonyl (C=O) groups excluding carboxylic acids is 1. The van der Waals surface area contributed by atoms with Gasteiger partial charge in [-0.2, -0.15) is 11.3 Å². The van der Waals surface area contributed by atoms with Crippen molar-refractivity contribution >= 4 is 17.2 Å². The Morgan fingerprint density at radius 2 is 2.00 bits per heavy atom. The maximum atomic E-state index is 12.9. The lowest BCUT2D eigenvalue weighted by molar-refractivity contribution is -0.133. The van der Waals surface area contributed by atoms with Gasteiger partial charge in [0.05, 0.1) is 6.04 Å². The van der Waals surface area contributed by atoms with E-state index in [2.05, 4.69) is 47.8 Å². The third-order valence-electron chi connectivity index (χ3n) is 5.04. The second kappa shape index (κ2) is 6.09. The fraction of sp³-hybridized carbons (Fsp3) is 0.706. The molecule has 2 aliphatic rings. The van der Waals surface area contributed by atoms with Crippen molar-refractivity contribution in [3.63, 3.8) is 0 Å². The number of nitrogens with zero attached hydrogens (tertiary/aromatic N) is 1. The number of amides is 1. The summed E-state index contributed by atoms with van der Waals surface area (Å²) < 4.78 is 0.